The van der Waals surface area contributed by atoms with E-state index >= 15 is 0 Å². The number of aryl methyl sites for hydroxylation is 1. The highest BCUT2D eigenvalue weighted by Crippen LogP contribution is 2.59. The predicted octanol–water partition coefficient (Wildman–Crippen LogP) is 2.01. The number of aromatic nitrogens is 3. The van der Waals surface area contributed by atoms with E-state index in [-0.39, 0.29) is 0 Å². The molecule has 0 aliphatic heterocycles. The number of hydrogen-bond donors (Lipinski definition) is 2. The van der Waals surface area contributed by atoms with Crippen molar-refractivity contribution in [2.45, 2.75) is 44.9 Å². The summed E-state index contributed by atoms with van der Waals surface area (Å²) in [5.41, 5.74) is 3.42. The van der Waals surface area contributed by atoms with Crippen LogP contribution >= 0.6 is 0 Å². The van der Waals surface area contributed by atoms with Gasteiger partial charge in [-0.05, 0) is 62.7 Å². The van der Waals surface area contributed by atoms with Crippen molar-refractivity contribution in [1.82, 2.24) is 15.2 Å². The van der Waals surface area contributed by atoms with Crippen LogP contribution in [0, 0.1) is 30.6 Å². The van der Waals surface area contributed by atoms with E-state index in [4.69, 9.17) is 5.84 Å². The molecule has 0 saturated heterocycles. The zero-order valence-electron chi connectivity index (χ0n) is 11.3. The fourth-order valence-corrected chi connectivity index (χ4v) is 5.02. The average Bonchev–Trinajstić information content (AvgIpc) is 2.39. The highest BCUT2D eigenvalue weighted by molar-refractivity contribution is 5.37. The van der Waals surface area contributed by atoms with Crippen LogP contribution in [0.5, 0.6) is 0 Å². The SMILES string of the molecule is Cc1nnc(C2C3CC4CC(C3)CC2C4)nc1NN. The summed E-state index contributed by atoms with van der Waals surface area (Å²) in [5.74, 6) is 11.2. The monoisotopic (exact) mass is 259 g/mol. The molecule has 4 fully saturated rings. The fourth-order valence-electron chi connectivity index (χ4n) is 5.02. The maximum absolute atomic E-state index is 5.51. The molecular formula is C14H21N5. The number of hydrogen-bond acceptors (Lipinski definition) is 5. The van der Waals surface area contributed by atoms with Gasteiger partial charge >= 0.3 is 0 Å². The minimum absolute atomic E-state index is 0.521. The summed E-state index contributed by atoms with van der Waals surface area (Å²) >= 11 is 0. The summed E-state index contributed by atoms with van der Waals surface area (Å²) in [7, 11) is 0. The third-order valence-electron chi connectivity index (χ3n) is 5.53. The van der Waals surface area contributed by atoms with Crippen molar-refractivity contribution in [1.29, 1.82) is 0 Å². The normalized spacial score (nSPS) is 39.6. The van der Waals surface area contributed by atoms with Gasteiger partial charge in [0, 0.05) is 5.92 Å². The van der Waals surface area contributed by atoms with E-state index in [1.807, 2.05) is 6.92 Å². The minimum Gasteiger partial charge on any atom is -0.307 e. The number of hydrazine groups is 1. The number of nitrogen functional groups attached to an aromatic ring is 1. The van der Waals surface area contributed by atoms with Gasteiger partial charge in [0.1, 0.15) is 5.69 Å². The van der Waals surface area contributed by atoms with Crippen LogP contribution in [0.4, 0.5) is 5.82 Å². The molecule has 0 unspecified atom stereocenters. The average molecular weight is 259 g/mol. The summed E-state index contributed by atoms with van der Waals surface area (Å²) < 4.78 is 0. The Labute approximate surface area is 113 Å². The van der Waals surface area contributed by atoms with Gasteiger partial charge in [0.25, 0.3) is 0 Å². The Morgan fingerprint density at radius 3 is 2.21 bits per heavy atom. The lowest BCUT2D eigenvalue weighted by atomic mass is 9.52. The lowest BCUT2D eigenvalue weighted by Gasteiger charge is -2.53. The van der Waals surface area contributed by atoms with Crippen LogP contribution in [-0.2, 0) is 0 Å². The second-order valence-electron chi connectivity index (χ2n) is 6.70. The summed E-state index contributed by atoms with van der Waals surface area (Å²) in [6.07, 6.45) is 6.98. The van der Waals surface area contributed by atoms with Gasteiger partial charge in [0.05, 0.1) is 0 Å². The first-order valence-corrected chi connectivity index (χ1v) is 7.42. The van der Waals surface area contributed by atoms with E-state index in [0.29, 0.717) is 11.7 Å². The van der Waals surface area contributed by atoms with Gasteiger partial charge in [-0.1, -0.05) is 0 Å². The summed E-state index contributed by atoms with van der Waals surface area (Å²) in [6, 6.07) is 0. The minimum atomic E-state index is 0.521. The molecule has 4 aliphatic carbocycles. The maximum Gasteiger partial charge on any atom is 0.165 e. The molecule has 4 saturated carbocycles. The molecule has 4 bridgehead atoms. The summed E-state index contributed by atoms with van der Waals surface area (Å²) in [4.78, 5) is 4.63. The van der Waals surface area contributed by atoms with Crippen LogP contribution in [0.3, 0.4) is 0 Å². The summed E-state index contributed by atoms with van der Waals surface area (Å²) in [5, 5.41) is 8.60. The quantitative estimate of drug-likeness (QED) is 0.627. The molecule has 4 aliphatic rings. The van der Waals surface area contributed by atoms with Gasteiger partial charge in [-0.2, -0.15) is 5.10 Å². The number of anilines is 1. The first-order chi connectivity index (χ1) is 9.24. The zero-order valence-corrected chi connectivity index (χ0v) is 11.3. The first-order valence-electron chi connectivity index (χ1n) is 7.42. The standard InChI is InChI=1S/C14H21N5/c1-7-13(17-15)16-14(19-18-7)12-10-3-8-2-9(5-10)6-11(12)4-8/h8-12H,2-6,15H2,1H3,(H,16,17,19). The molecule has 102 valence electrons. The Morgan fingerprint density at radius 2 is 1.63 bits per heavy atom. The summed E-state index contributed by atoms with van der Waals surface area (Å²) in [6.45, 7) is 1.88. The van der Waals surface area contributed by atoms with Crippen molar-refractivity contribution in [3.05, 3.63) is 11.5 Å². The highest BCUT2D eigenvalue weighted by Gasteiger charge is 2.49. The third kappa shape index (κ3) is 1.75. The first kappa shape index (κ1) is 11.6. The van der Waals surface area contributed by atoms with E-state index in [2.05, 4.69) is 20.6 Å². The number of rotatable bonds is 2. The van der Waals surface area contributed by atoms with E-state index < -0.39 is 0 Å². The van der Waals surface area contributed by atoms with Crippen LogP contribution in [-0.4, -0.2) is 15.2 Å². The van der Waals surface area contributed by atoms with Gasteiger partial charge in [-0.15, -0.1) is 5.10 Å². The number of nitrogens with zero attached hydrogens (tertiary/aromatic N) is 3. The molecule has 0 aromatic carbocycles. The topological polar surface area (TPSA) is 76.7 Å². The van der Waals surface area contributed by atoms with Gasteiger partial charge < -0.3 is 5.43 Å². The van der Waals surface area contributed by atoms with Crippen molar-refractivity contribution >= 4 is 5.82 Å². The second kappa shape index (κ2) is 4.13. The lowest BCUT2D eigenvalue weighted by molar-refractivity contribution is -0.00594. The molecule has 1 heterocycles. The Hall–Kier alpha value is -1.23. The molecule has 19 heavy (non-hydrogen) atoms. The van der Waals surface area contributed by atoms with Gasteiger partial charge in [-0.25, -0.2) is 10.8 Å². The smallest absolute Gasteiger partial charge is 0.165 e. The molecule has 5 heteroatoms. The van der Waals surface area contributed by atoms with Crippen LogP contribution < -0.4 is 11.3 Å². The van der Waals surface area contributed by atoms with Crippen LogP contribution in [0.15, 0.2) is 0 Å². The van der Waals surface area contributed by atoms with Crippen molar-refractivity contribution in [3.8, 4) is 0 Å². The van der Waals surface area contributed by atoms with E-state index in [1.165, 1.54) is 32.1 Å². The fraction of sp³-hybridized carbons (Fsp3) is 0.786. The molecule has 1 aromatic heterocycles. The van der Waals surface area contributed by atoms with Gasteiger partial charge in [0.15, 0.2) is 11.6 Å². The lowest BCUT2D eigenvalue weighted by Crippen LogP contribution is -2.44. The molecule has 3 N–H and O–H groups in total. The number of nitrogens with two attached hydrogens (primary N) is 1. The van der Waals surface area contributed by atoms with Gasteiger partial charge in [0.2, 0.25) is 0 Å². The Balaban J connectivity index is 1.69. The second-order valence-corrected chi connectivity index (χ2v) is 6.70. The van der Waals surface area contributed by atoms with E-state index in [9.17, 15) is 0 Å². The number of nitrogens with one attached hydrogen (secondary N) is 1. The maximum atomic E-state index is 5.51. The molecule has 0 atom stereocenters. The van der Waals surface area contributed by atoms with Crippen molar-refractivity contribution in [2.75, 3.05) is 5.43 Å². The Bertz CT molecular complexity index is 473. The molecule has 0 spiro atoms. The third-order valence-corrected chi connectivity index (χ3v) is 5.53. The van der Waals surface area contributed by atoms with Gasteiger partial charge in [-0.3, -0.25) is 0 Å². The Kier molecular flexibility index (Phi) is 2.52. The molecule has 1 aromatic rings. The van der Waals surface area contributed by atoms with Crippen molar-refractivity contribution in [2.24, 2.45) is 29.5 Å². The molecule has 0 radical (unpaired) electrons. The van der Waals surface area contributed by atoms with E-state index in [0.717, 1.165) is 35.2 Å². The van der Waals surface area contributed by atoms with Crippen LogP contribution in [0.2, 0.25) is 0 Å². The van der Waals surface area contributed by atoms with Crippen molar-refractivity contribution in [3.63, 3.8) is 0 Å². The van der Waals surface area contributed by atoms with Crippen LogP contribution in [0.1, 0.15) is 49.5 Å². The van der Waals surface area contributed by atoms with E-state index in [1.54, 1.807) is 0 Å². The Morgan fingerprint density at radius 1 is 1.00 bits per heavy atom. The molecular weight excluding hydrogens is 238 g/mol. The molecule has 5 nitrogen and oxygen atoms in total. The van der Waals surface area contributed by atoms with Crippen LogP contribution in [0.25, 0.3) is 0 Å². The largest absolute Gasteiger partial charge is 0.307 e. The molecule has 5 rings (SSSR count). The zero-order chi connectivity index (χ0) is 13.0. The highest BCUT2D eigenvalue weighted by atomic mass is 15.3. The van der Waals surface area contributed by atoms with Crippen molar-refractivity contribution < 1.29 is 0 Å². The molecule has 0 amide bonds. The predicted molar refractivity (Wildman–Crippen MR) is 72.2 cm³/mol.